The highest BCUT2D eigenvalue weighted by Crippen LogP contribution is 2.42. The lowest BCUT2D eigenvalue weighted by Crippen LogP contribution is -2.31. The summed E-state index contributed by atoms with van der Waals surface area (Å²) in [4.78, 5) is 4.84. The van der Waals surface area contributed by atoms with Gasteiger partial charge in [-0.1, -0.05) is 65.0 Å². The van der Waals surface area contributed by atoms with E-state index in [1.807, 2.05) is 11.8 Å². The van der Waals surface area contributed by atoms with Crippen molar-refractivity contribution in [1.82, 2.24) is 4.98 Å². The number of benzene rings is 2. The van der Waals surface area contributed by atoms with E-state index in [1.165, 1.54) is 27.1 Å². The fourth-order valence-electron chi connectivity index (χ4n) is 2.44. The number of aromatic nitrogens is 1. The van der Waals surface area contributed by atoms with E-state index in [9.17, 15) is 0 Å². The van der Waals surface area contributed by atoms with Crippen molar-refractivity contribution in [3.8, 4) is 11.3 Å². The Labute approximate surface area is 149 Å². The van der Waals surface area contributed by atoms with Crippen molar-refractivity contribution in [1.29, 1.82) is 0 Å². The molecule has 0 spiro atoms. The number of H-pyrrole nitrogens is 1. The molecule has 0 amide bonds. The molecule has 126 valence electrons. The molecule has 0 saturated carbocycles. The van der Waals surface area contributed by atoms with Gasteiger partial charge < -0.3 is 4.98 Å². The van der Waals surface area contributed by atoms with Gasteiger partial charge in [0.15, 0.2) is 0 Å². The van der Waals surface area contributed by atoms with Crippen LogP contribution in [-0.2, 0) is 0 Å². The summed E-state index contributed by atoms with van der Waals surface area (Å²) in [6.45, 7) is 11.7. The molecule has 0 aliphatic heterocycles. The van der Waals surface area contributed by atoms with E-state index in [0.717, 1.165) is 5.75 Å². The van der Waals surface area contributed by atoms with Crippen molar-refractivity contribution in [3.63, 3.8) is 0 Å². The highest BCUT2D eigenvalue weighted by atomic mass is 32.2. The normalized spacial score (nSPS) is 12.7. The quantitative estimate of drug-likeness (QED) is 0.507. The van der Waals surface area contributed by atoms with Gasteiger partial charge in [-0.05, 0) is 40.7 Å². The predicted molar refractivity (Wildman–Crippen MR) is 108 cm³/mol. The van der Waals surface area contributed by atoms with E-state index in [0.29, 0.717) is 10.8 Å². The van der Waals surface area contributed by atoms with E-state index >= 15 is 0 Å². The zero-order chi connectivity index (χ0) is 17.4. The summed E-state index contributed by atoms with van der Waals surface area (Å²) in [7, 11) is 0. The number of para-hydroxylation sites is 1. The van der Waals surface area contributed by atoms with E-state index in [1.54, 1.807) is 0 Å². The number of aromatic amines is 1. The minimum Gasteiger partial charge on any atom is -0.355 e. The minimum absolute atomic E-state index is 0.299. The molecule has 2 heteroatoms. The first kappa shape index (κ1) is 17.2. The molecular formula is C22H27NS. The third-order valence-electron chi connectivity index (χ3n) is 5.33. The first-order chi connectivity index (χ1) is 11.3. The highest BCUT2D eigenvalue weighted by molar-refractivity contribution is 7.99. The molecule has 1 heterocycles. The number of thioether (sulfide) groups is 1. The Hall–Kier alpha value is -1.67. The Morgan fingerprint density at radius 1 is 0.875 bits per heavy atom. The van der Waals surface area contributed by atoms with E-state index in [4.69, 9.17) is 0 Å². The maximum atomic E-state index is 3.50. The smallest absolute Gasteiger partial charge is 0.0464 e. The van der Waals surface area contributed by atoms with Gasteiger partial charge in [-0.3, -0.25) is 0 Å². The Morgan fingerprint density at radius 3 is 2.17 bits per heavy atom. The zero-order valence-corrected chi connectivity index (χ0v) is 16.1. The molecule has 0 atom stereocenters. The second-order valence-electron chi connectivity index (χ2n) is 8.22. The lowest BCUT2D eigenvalue weighted by atomic mass is 9.71. The molecule has 0 unspecified atom stereocenters. The van der Waals surface area contributed by atoms with E-state index in [2.05, 4.69) is 94.2 Å². The van der Waals surface area contributed by atoms with Crippen LogP contribution >= 0.6 is 11.8 Å². The molecule has 1 N–H and O–H groups in total. The van der Waals surface area contributed by atoms with Crippen molar-refractivity contribution < 1.29 is 0 Å². The van der Waals surface area contributed by atoms with Crippen LogP contribution in [0.5, 0.6) is 0 Å². The third kappa shape index (κ3) is 3.54. The van der Waals surface area contributed by atoms with Crippen LogP contribution in [0.15, 0.2) is 59.5 Å². The number of rotatable bonds is 4. The Balaban J connectivity index is 1.74. The lowest BCUT2D eigenvalue weighted by molar-refractivity contribution is 0.162. The molecule has 3 aromatic rings. The van der Waals surface area contributed by atoms with Crippen LogP contribution in [0.2, 0.25) is 0 Å². The summed E-state index contributed by atoms with van der Waals surface area (Å²) < 4.78 is 0. The predicted octanol–water partition coefficient (Wildman–Crippen LogP) is 7.00. The minimum atomic E-state index is 0.299. The number of hydrogen-bond donors (Lipinski definition) is 1. The third-order valence-corrected chi connectivity index (χ3v) is 6.80. The molecule has 0 fully saturated rings. The SMILES string of the molecule is CC(C)(C)C(C)(C)CSc1ccc(-c2cc3ccccc3[nH]2)cc1. The van der Waals surface area contributed by atoms with Crippen LogP contribution in [0.4, 0.5) is 0 Å². The van der Waals surface area contributed by atoms with Crippen LogP contribution < -0.4 is 0 Å². The number of nitrogens with one attached hydrogen (secondary N) is 1. The number of hydrogen-bond acceptors (Lipinski definition) is 1. The topological polar surface area (TPSA) is 15.8 Å². The van der Waals surface area contributed by atoms with Crippen LogP contribution in [0, 0.1) is 10.8 Å². The molecule has 0 saturated heterocycles. The van der Waals surface area contributed by atoms with Crippen LogP contribution in [0.3, 0.4) is 0 Å². The van der Waals surface area contributed by atoms with Gasteiger partial charge in [0.05, 0.1) is 0 Å². The Morgan fingerprint density at radius 2 is 1.54 bits per heavy atom. The fourth-order valence-corrected chi connectivity index (χ4v) is 3.73. The largest absolute Gasteiger partial charge is 0.355 e. The van der Waals surface area contributed by atoms with Gasteiger partial charge in [0.1, 0.15) is 0 Å². The summed E-state index contributed by atoms with van der Waals surface area (Å²) >= 11 is 1.95. The van der Waals surface area contributed by atoms with Gasteiger partial charge in [0, 0.05) is 27.2 Å². The summed E-state index contributed by atoms with van der Waals surface area (Å²) in [6, 6.07) is 19.6. The van der Waals surface area contributed by atoms with Gasteiger partial charge in [-0.25, -0.2) is 0 Å². The van der Waals surface area contributed by atoms with Gasteiger partial charge in [0.25, 0.3) is 0 Å². The molecule has 0 aliphatic rings. The molecule has 3 rings (SSSR count). The van der Waals surface area contributed by atoms with E-state index in [-0.39, 0.29) is 0 Å². The van der Waals surface area contributed by atoms with Gasteiger partial charge in [0.2, 0.25) is 0 Å². The molecular weight excluding hydrogens is 310 g/mol. The standard InChI is InChI=1S/C22H27NS/c1-21(2,3)22(4,5)15-24-18-12-10-16(11-13-18)20-14-17-8-6-7-9-19(17)23-20/h6-14,23H,15H2,1-5H3. The van der Waals surface area contributed by atoms with Crippen LogP contribution in [-0.4, -0.2) is 10.7 Å². The van der Waals surface area contributed by atoms with Crippen molar-refractivity contribution in [2.45, 2.75) is 39.5 Å². The van der Waals surface area contributed by atoms with Crippen LogP contribution in [0.1, 0.15) is 34.6 Å². The monoisotopic (exact) mass is 337 g/mol. The Bertz CT molecular complexity index is 786. The second-order valence-corrected chi connectivity index (χ2v) is 9.27. The summed E-state index contributed by atoms with van der Waals surface area (Å²) in [6.07, 6.45) is 0. The van der Waals surface area contributed by atoms with Gasteiger partial charge in [-0.2, -0.15) is 0 Å². The first-order valence-corrected chi connectivity index (χ1v) is 9.56. The molecule has 1 aromatic heterocycles. The first-order valence-electron chi connectivity index (χ1n) is 8.57. The average Bonchev–Trinajstić information content (AvgIpc) is 2.96. The Kier molecular flexibility index (Phi) is 4.52. The summed E-state index contributed by atoms with van der Waals surface area (Å²) in [5, 5.41) is 1.26. The zero-order valence-electron chi connectivity index (χ0n) is 15.3. The molecule has 0 aliphatic carbocycles. The van der Waals surface area contributed by atoms with Crippen molar-refractivity contribution in [2.24, 2.45) is 10.8 Å². The molecule has 0 bridgehead atoms. The maximum Gasteiger partial charge on any atom is 0.0464 e. The van der Waals surface area contributed by atoms with Crippen molar-refractivity contribution in [2.75, 3.05) is 5.75 Å². The van der Waals surface area contributed by atoms with E-state index < -0.39 is 0 Å². The summed E-state index contributed by atoms with van der Waals surface area (Å²) in [5.74, 6) is 1.13. The molecule has 24 heavy (non-hydrogen) atoms. The number of fused-ring (bicyclic) bond motifs is 1. The fraction of sp³-hybridized carbons (Fsp3) is 0.364. The molecule has 2 aromatic carbocycles. The van der Waals surface area contributed by atoms with Gasteiger partial charge >= 0.3 is 0 Å². The second kappa shape index (κ2) is 6.33. The maximum absolute atomic E-state index is 3.50. The molecule has 1 nitrogen and oxygen atoms in total. The van der Waals surface area contributed by atoms with Gasteiger partial charge in [-0.15, -0.1) is 11.8 Å². The molecule has 0 radical (unpaired) electrons. The van der Waals surface area contributed by atoms with Crippen molar-refractivity contribution >= 4 is 22.7 Å². The van der Waals surface area contributed by atoms with Crippen molar-refractivity contribution in [3.05, 3.63) is 54.6 Å². The lowest BCUT2D eigenvalue weighted by Gasteiger charge is -2.38. The summed E-state index contributed by atoms with van der Waals surface area (Å²) in [5.41, 5.74) is 4.23. The highest BCUT2D eigenvalue weighted by Gasteiger charge is 2.32. The average molecular weight is 338 g/mol. The van der Waals surface area contributed by atoms with Crippen LogP contribution in [0.25, 0.3) is 22.2 Å².